The summed E-state index contributed by atoms with van der Waals surface area (Å²) < 4.78 is 1.80. The third-order valence-electron chi connectivity index (χ3n) is 2.15. The number of rotatable bonds is 4. The molecule has 0 amide bonds. The van der Waals surface area contributed by atoms with E-state index in [9.17, 15) is 0 Å². The minimum Gasteiger partial charge on any atom is -0.325 e. The Labute approximate surface area is 87.9 Å². The van der Waals surface area contributed by atoms with Crippen LogP contribution in [-0.2, 0) is 19.5 Å². The van der Waals surface area contributed by atoms with Crippen LogP contribution >= 0.6 is 0 Å². The maximum absolute atomic E-state index is 5.44. The van der Waals surface area contributed by atoms with Crippen molar-refractivity contribution in [2.24, 2.45) is 5.73 Å². The summed E-state index contributed by atoms with van der Waals surface area (Å²) >= 11 is 0. The van der Waals surface area contributed by atoms with Gasteiger partial charge in [-0.2, -0.15) is 0 Å². The van der Waals surface area contributed by atoms with Crippen molar-refractivity contribution in [3.8, 4) is 0 Å². The normalized spacial score (nSPS) is 10.5. The van der Waals surface area contributed by atoms with Crippen molar-refractivity contribution in [3.63, 3.8) is 0 Å². The fourth-order valence-corrected chi connectivity index (χ4v) is 1.33. The molecule has 2 N–H and O–H groups in total. The van der Waals surface area contributed by atoms with Gasteiger partial charge in [0.2, 0.25) is 0 Å². The Kier molecular flexibility index (Phi) is 3.04. The number of nitrogens with two attached hydrogens (primary N) is 1. The molecule has 2 heterocycles. The Hall–Kier alpha value is -1.75. The first-order valence-corrected chi connectivity index (χ1v) is 4.86. The number of hydrogen-bond acceptors (Lipinski definition) is 4. The Morgan fingerprint density at radius 1 is 1.40 bits per heavy atom. The molecule has 0 atom stereocenters. The second kappa shape index (κ2) is 4.65. The van der Waals surface area contributed by atoms with Gasteiger partial charge in [-0.05, 0) is 18.1 Å². The molecule has 78 valence electrons. The molecule has 0 fully saturated rings. The topological polar surface area (TPSA) is 69.6 Å². The van der Waals surface area contributed by atoms with Crippen LogP contribution in [0.5, 0.6) is 0 Å². The van der Waals surface area contributed by atoms with Crippen molar-refractivity contribution in [1.29, 1.82) is 0 Å². The number of hydrogen-bond donors (Lipinski definition) is 1. The fraction of sp³-hybridized carbons (Fsp3) is 0.300. The van der Waals surface area contributed by atoms with Crippen LogP contribution in [0.15, 0.2) is 30.7 Å². The van der Waals surface area contributed by atoms with Crippen LogP contribution in [0.3, 0.4) is 0 Å². The predicted molar refractivity (Wildman–Crippen MR) is 55.9 cm³/mol. The number of aryl methyl sites for hydroxylation is 2. The molecule has 0 bridgehead atoms. The molecule has 0 unspecified atom stereocenters. The molecular formula is C10H13N5. The standard InChI is InChI=1S/C10H13N5/c11-6-10-8-15(14-13-10)5-3-9-2-1-4-12-7-9/h1-2,4,7-8H,3,5-6,11H2. The van der Waals surface area contributed by atoms with Gasteiger partial charge in [-0.15, -0.1) is 5.10 Å². The quantitative estimate of drug-likeness (QED) is 0.779. The maximum Gasteiger partial charge on any atom is 0.0962 e. The second-order valence-corrected chi connectivity index (χ2v) is 3.29. The highest BCUT2D eigenvalue weighted by atomic mass is 15.4. The number of aromatic nitrogens is 4. The molecule has 0 aromatic carbocycles. The summed E-state index contributed by atoms with van der Waals surface area (Å²) in [5.74, 6) is 0. The van der Waals surface area contributed by atoms with Gasteiger partial charge in [0.25, 0.3) is 0 Å². The van der Waals surface area contributed by atoms with E-state index in [1.165, 1.54) is 5.56 Å². The lowest BCUT2D eigenvalue weighted by Crippen LogP contribution is -2.02. The SMILES string of the molecule is NCc1cn(CCc2cccnc2)nn1. The van der Waals surface area contributed by atoms with Crippen molar-refractivity contribution in [1.82, 2.24) is 20.0 Å². The Morgan fingerprint density at radius 2 is 2.33 bits per heavy atom. The smallest absolute Gasteiger partial charge is 0.0962 e. The molecule has 2 aromatic heterocycles. The molecule has 0 aliphatic heterocycles. The average Bonchev–Trinajstić information content (AvgIpc) is 2.76. The van der Waals surface area contributed by atoms with E-state index in [0.29, 0.717) is 6.54 Å². The van der Waals surface area contributed by atoms with E-state index in [0.717, 1.165) is 18.7 Å². The van der Waals surface area contributed by atoms with Crippen LogP contribution in [-0.4, -0.2) is 20.0 Å². The molecule has 0 spiro atoms. The second-order valence-electron chi connectivity index (χ2n) is 3.29. The highest BCUT2D eigenvalue weighted by molar-refractivity contribution is 5.08. The largest absolute Gasteiger partial charge is 0.325 e. The fourth-order valence-electron chi connectivity index (χ4n) is 1.33. The number of nitrogens with zero attached hydrogens (tertiary/aromatic N) is 4. The average molecular weight is 203 g/mol. The van der Waals surface area contributed by atoms with Crippen LogP contribution in [0.25, 0.3) is 0 Å². The van der Waals surface area contributed by atoms with E-state index in [-0.39, 0.29) is 0 Å². The molecule has 0 aliphatic rings. The Bertz CT molecular complexity index is 409. The highest BCUT2D eigenvalue weighted by Crippen LogP contribution is 1.99. The zero-order valence-corrected chi connectivity index (χ0v) is 8.37. The zero-order valence-electron chi connectivity index (χ0n) is 8.37. The summed E-state index contributed by atoms with van der Waals surface area (Å²) in [6.45, 7) is 1.24. The van der Waals surface area contributed by atoms with Gasteiger partial charge in [0.1, 0.15) is 0 Å². The van der Waals surface area contributed by atoms with Gasteiger partial charge in [0.15, 0.2) is 0 Å². The van der Waals surface area contributed by atoms with E-state index >= 15 is 0 Å². The Balaban J connectivity index is 1.93. The lowest BCUT2D eigenvalue weighted by molar-refractivity contribution is 0.588. The molecule has 0 aliphatic carbocycles. The van der Waals surface area contributed by atoms with E-state index in [1.807, 2.05) is 24.5 Å². The van der Waals surface area contributed by atoms with Crippen molar-refractivity contribution >= 4 is 0 Å². The first-order valence-electron chi connectivity index (χ1n) is 4.86. The summed E-state index contributed by atoms with van der Waals surface area (Å²) in [4.78, 5) is 4.05. The van der Waals surface area contributed by atoms with Gasteiger partial charge in [0.05, 0.1) is 5.69 Å². The molecule has 0 saturated heterocycles. The van der Waals surface area contributed by atoms with Crippen LogP contribution in [0.1, 0.15) is 11.3 Å². The molecule has 5 nitrogen and oxygen atoms in total. The van der Waals surface area contributed by atoms with Crippen molar-refractivity contribution in [2.75, 3.05) is 0 Å². The van der Waals surface area contributed by atoms with Gasteiger partial charge in [-0.3, -0.25) is 9.67 Å². The third kappa shape index (κ3) is 2.60. The van der Waals surface area contributed by atoms with Gasteiger partial charge in [-0.25, -0.2) is 0 Å². The monoisotopic (exact) mass is 203 g/mol. The van der Waals surface area contributed by atoms with Crippen molar-refractivity contribution in [2.45, 2.75) is 19.5 Å². The summed E-state index contributed by atoms with van der Waals surface area (Å²) in [6.07, 6.45) is 6.41. The first kappa shape index (κ1) is 9.79. The molecule has 15 heavy (non-hydrogen) atoms. The molecule has 0 saturated carbocycles. The molecule has 0 radical (unpaired) electrons. The summed E-state index contributed by atoms with van der Waals surface area (Å²) in [7, 11) is 0. The van der Waals surface area contributed by atoms with E-state index in [2.05, 4.69) is 15.3 Å². The zero-order chi connectivity index (χ0) is 10.5. The highest BCUT2D eigenvalue weighted by Gasteiger charge is 1.98. The van der Waals surface area contributed by atoms with Crippen LogP contribution in [0.2, 0.25) is 0 Å². The molecule has 2 rings (SSSR count). The molecule has 2 aromatic rings. The third-order valence-corrected chi connectivity index (χ3v) is 2.15. The van der Waals surface area contributed by atoms with Gasteiger partial charge >= 0.3 is 0 Å². The van der Waals surface area contributed by atoms with Gasteiger partial charge in [0, 0.05) is 31.7 Å². The molecule has 5 heteroatoms. The van der Waals surface area contributed by atoms with Gasteiger partial charge < -0.3 is 5.73 Å². The summed E-state index contributed by atoms with van der Waals surface area (Å²) in [6, 6.07) is 3.98. The lowest BCUT2D eigenvalue weighted by atomic mass is 10.2. The van der Waals surface area contributed by atoms with Crippen molar-refractivity contribution < 1.29 is 0 Å². The predicted octanol–water partition coefficient (Wildman–Crippen LogP) is 0.374. The van der Waals surface area contributed by atoms with Crippen LogP contribution < -0.4 is 5.73 Å². The maximum atomic E-state index is 5.44. The van der Waals surface area contributed by atoms with Crippen LogP contribution in [0.4, 0.5) is 0 Å². The summed E-state index contributed by atoms with van der Waals surface area (Å²) in [5, 5.41) is 7.89. The minimum atomic E-state index is 0.437. The first-order chi connectivity index (χ1) is 7.38. The van der Waals surface area contributed by atoms with E-state index < -0.39 is 0 Å². The van der Waals surface area contributed by atoms with Crippen LogP contribution in [0, 0.1) is 0 Å². The number of pyridine rings is 1. The Morgan fingerprint density at radius 3 is 3.00 bits per heavy atom. The van der Waals surface area contributed by atoms with Gasteiger partial charge in [-0.1, -0.05) is 11.3 Å². The van der Waals surface area contributed by atoms with Crippen molar-refractivity contribution in [3.05, 3.63) is 42.0 Å². The van der Waals surface area contributed by atoms with E-state index in [4.69, 9.17) is 5.73 Å². The molecular weight excluding hydrogens is 190 g/mol. The minimum absolute atomic E-state index is 0.437. The lowest BCUT2D eigenvalue weighted by Gasteiger charge is -1.99. The summed E-state index contributed by atoms with van der Waals surface area (Å²) in [5.41, 5.74) is 7.46. The van der Waals surface area contributed by atoms with E-state index in [1.54, 1.807) is 10.9 Å².